The molecule has 1 heterocycles. The van der Waals surface area contributed by atoms with E-state index in [1.54, 1.807) is 18.3 Å². The third kappa shape index (κ3) is 4.46. The van der Waals surface area contributed by atoms with E-state index in [4.69, 9.17) is 0 Å². The van der Waals surface area contributed by atoms with Gasteiger partial charge in [0.05, 0.1) is 23.5 Å². The van der Waals surface area contributed by atoms with E-state index in [2.05, 4.69) is 15.5 Å². The van der Waals surface area contributed by atoms with Gasteiger partial charge < -0.3 is 9.90 Å². The number of hydrogen-bond acceptors (Lipinski definition) is 6. The van der Waals surface area contributed by atoms with Crippen molar-refractivity contribution in [1.29, 1.82) is 0 Å². The fraction of sp³-hybridized carbons (Fsp3) is 0.0526. The second-order valence-electron chi connectivity index (χ2n) is 5.32. The highest BCUT2D eigenvalue weighted by Crippen LogP contribution is 2.25. The van der Waals surface area contributed by atoms with Gasteiger partial charge in [-0.25, -0.2) is 5.43 Å². The van der Waals surface area contributed by atoms with Crippen molar-refractivity contribution in [2.75, 3.05) is 5.75 Å². The van der Waals surface area contributed by atoms with Crippen molar-refractivity contribution in [3.63, 3.8) is 0 Å². The van der Waals surface area contributed by atoms with Crippen LogP contribution in [0.25, 0.3) is 10.9 Å². The van der Waals surface area contributed by atoms with E-state index in [1.807, 2.05) is 30.3 Å². The molecule has 3 aromatic rings. The monoisotopic (exact) mass is 364 g/mol. The van der Waals surface area contributed by atoms with Crippen LogP contribution in [-0.4, -0.2) is 28.8 Å². The van der Waals surface area contributed by atoms with E-state index in [9.17, 15) is 14.7 Å². The van der Waals surface area contributed by atoms with Crippen LogP contribution in [0.2, 0.25) is 0 Å². The predicted octanol–water partition coefficient (Wildman–Crippen LogP) is 1.84. The Kier molecular flexibility index (Phi) is 5.60. The van der Waals surface area contributed by atoms with Crippen LogP contribution in [0.3, 0.4) is 0 Å². The number of aromatic carboxylic acids is 1. The Balaban J connectivity index is 1.55. The van der Waals surface area contributed by atoms with Gasteiger partial charge in [0.2, 0.25) is 5.91 Å². The number of carbonyl (C=O) groups is 2. The van der Waals surface area contributed by atoms with Crippen molar-refractivity contribution in [3.8, 4) is 0 Å². The average molecular weight is 364 g/mol. The molecule has 130 valence electrons. The molecule has 3 rings (SSSR count). The summed E-state index contributed by atoms with van der Waals surface area (Å²) >= 11 is 1.39. The minimum atomic E-state index is -1.23. The van der Waals surface area contributed by atoms with Crippen molar-refractivity contribution in [2.45, 2.75) is 4.90 Å². The van der Waals surface area contributed by atoms with E-state index in [0.717, 1.165) is 15.8 Å². The van der Waals surface area contributed by atoms with E-state index in [1.165, 1.54) is 30.1 Å². The molecule has 6 nitrogen and oxygen atoms in total. The second-order valence-corrected chi connectivity index (χ2v) is 6.34. The zero-order valence-electron chi connectivity index (χ0n) is 13.6. The second kappa shape index (κ2) is 8.26. The molecule has 7 heteroatoms. The Bertz CT molecular complexity index is 966. The lowest BCUT2D eigenvalue weighted by atomic mass is 10.1. The molecule has 0 fully saturated rings. The molecule has 0 saturated carbocycles. The van der Waals surface area contributed by atoms with Gasteiger partial charge in [0, 0.05) is 16.5 Å². The average Bonchev–Trinajstić information content (AvgIpc) is 2.66. The first-order valence-corrected chi connectivity index (χ1v) is 8.72. The number of amides is 1. The Labute approximate surface area is 154 Å². The predicted molar refractivity (Wildman–Crippen MR) is 99.0 cm³/mol. The van der Waals surface area contributed by atoms with Crippen LogP contribution in [-0.2, 0) is 4.79 Å². The largest absolute Gasteiger partial charge is 0.545 e. The Morgan fingerprint density at radius 1 is 1.12 bits per heavy atom. The molecule has 0 unspecified atom stereocenters. The number of hydrazone groups is 1. The smallest absolute Gasteiger partial charge is 0.250 e. The molecule has 0 radical (unpaired) electrons. The number of aromatic nitrogens is 1. The maximum absolute atomic E-state index is 11.9. The summed E-state index contributed by atoms with van der Waals surface area (Å²) in [6.07, 6.45) is 3.17. The summed E-state index contributed by atoms with van der Waals surface area (Å²) in [5, 5.41) is 15.6. The highest BCUT2D eigenvalue weighted by Gasteiger charge is 2.06. The first-order chi connectivity index (χ1) is 12.6. The number of fused-ring (bicyclic) bond motifs is 1. The van der Waals surface area contributed by atoms with Gasteiger partial charge in [-0.3, -0.25) is 9.78 Å². The fourth-order valence-electron chi connectivity index (χ4n) is 2.25. The highest BCUT2D eigenvalue weighted by molar-refractivity contribution is 8.00. The van der Waals surface area contributed by atoms with Crippen molar-refractivity contribution in [3.05, 3.63) is 71.9 Å². The summed E-state index contributed by atoms with van der Waals surface area (Å²) < 4.78 is 0. The molecule has 26 heavy (non-hydrogen) atoms. The maximum Gasteiger partial charge on any atom is 0.250 e. The number of thioether (sulfide) groups is 1. The molecular weight excluding hydrogens is 350 g/mol. The minimum absolute atomic E-state index is 0.0892. The summed E-state index contributed by atoms with van der Waals surface area (Å²) in [4.78, 5) is 27.9. The SMILES string of the molecule is O=C(CSc1cccc2cccnc12)N/N=C\c1ccc(C(=O)[O-])cc1. The lowest BCUT2D eigenvalue weighted by Crippen LogP contribution is -2.22. The molecule has 1 aromatic heterocycles. The van der Waals surface area contributed by atoms with Crippen LogP contribution in [0, 0.1) is 0 Å². The van der Waals surface area contributed by atoms with E-state index in [0.29, 0.717) is 5.56 Å². The molecular formula is C19H14N3O3S-. The zero-order valence-corrected chi connectivity index (χ0v) is 14.4. The van der Waals surface area contributed by atoms with Crippen LogP contribution in [0.1, 0.15) is 15.9 Å². The fourth-order valence-corrected chi connectivity index (χ4v) is 3.09. The van der Waals surface area contributed by atoms with E-state index in [-0.39, 0.29) is 17.2 Å². The first kappa shape index (κ1) is 17.6. The van der Waals surface area contributed by atoms with Crippen LogP contribution >= 0.6 is 11.8 Å². The molecule has 0 saturated heterocycles. The number of benzene rings is 2. The van der Waals surface area contributed by atoms with Crippen molar-refractivity contribution in [2.24, 2.45) is 5.10 Å². The number of nitrogens with one attached hydrogen (secondary N) is 1. The van der Waals surface area contributed by atoms with Gasteiger partial charge in [-0.1, -0.05) is 42.5 Å². The van der Waals surface area contributed by atoms with Crippen LogP contribution in [0.5, 0.6) is 0 Å². The molecule has 0 bridgehead atoms. The summed E-state index contributed by atoms with van der Waals surface area (Å²) in [5.41, 5.74) is 4.07. The molecule has 1 N–H and O–H groups in total. The van der Waals surface area contributed by atoms with Crippen LogP contribution in [0.15, 0.2) is 70.8 Å². The number of carboxylic acids is 1. The van der Waals surface area contributed by atoms with Crippen molar-refractivity contribution in [1.82, 2.24) is 10.4 Å². The Hall–Kier alpha value is -3.19. The molecule has 0 aliphatic carbocycles. The lowest BCUT2D eigenvalue weighted by Gasteiger charge is -2.04. The van der Waals surface area contributed by atoms with Gasteiger partial charge in [-0.2, -0.15) is 5.10 Å². The molecule has 0 spiro atoms. The minimum Gasteiger partial charge on any atom is -0.545 e. The number of hydrogen-bond donors (Lipinski definition) is 1. The maximum atomic E-state index is 11.9. The number of para-hydroxylation sites is 1. The van der Waals surface area contributed by atoms with Crippen LogP contribution < -0.4 is 10.5 Å². The Morgan fingerprint density at radius 2 is 1.88 bits per heavy atom. The third-order valence-electron chi connectivity index (χ3n) is 3.50. The number of carboxylic acid groups (broad SMARTS) is 1. The molecule has 0 aliphatic rings. The summed E-state index contributed by atoms with van der Waals surface area (Å²) in [7, 11) is 0. The van der Waals surface area contributed by atoms with Gasteiger partial charge in [-0.15, -0.1) is 11.8 Å². The highest BCUT2D eigenvalue weighted by atomic mass is 32.2. The molecule has 2 aromatic carbocycles. The molecule has 1 amide bonds. The third-order valence-corrected chi connectivity index (χ3v) is 4.55. The van der Waals surface area contributed by atoms with Gasteiger partial charge in [0.15, 0.2) is 0 Å². The van der Waals surface area contributed by atoms with Gasteiger partial charge in [0.1, 0.15) is 0 Å². The standard InChI is InChI=1S/C19H15N3O3S/c23-17(22-21-11-13-6-8-15(9-7-13)19(24)25)12-26-16-5-1-3-14-4-2-10-20-18(14)16/h1-11H,12H2,(H,22,23)(H,24,25)/p-1/b21-11-. The first-order valence-electron chi connectivity index (χ1n) is 7.73. The summed E-state index contributed by atoms with van der Waals surface area (Å²) in [6, 6.07) is 15.7. The number of pyridine rings is 1. The number of carbonyl (C=O) groups excluding carboxylic acids is 2. The van der Waals surface area contributed by atoms with Gasteiger partial charge in [0.25, 0.3) is 0 Å². The summed E-state index contributed by atoms with van der Waals surface area (Å²) in [5.74, 6) is -1.27. The van der Waals surface area contributed by atoms with Gasteiger partial charge >= 0.3 is 0 Å². The van der Waals surface area contributed by atoms with Crippen molar-refractivity contribution >= 4 is 40.8 Å². The molecule has 0 aliphatic heterocycles. The van der Waals surface area contributed by atoms with E-state index < -0.39 is 5.97 Å². The lowest BCUT2D eigenvalue weighted by molar-refractivity contribution is -0.255. The number of rotatable bonds is 6. The van der Waals surface area contributed by atoms with Crippen molar-refractivity contribution < 1.29 is 14.7 Å². The normalized spacial score (nSPS) is 10.9. The topological polar surface area (TPSA) is 94.5 Å². The molecule has 0 atom stereocenters. The van der Waals surface area contributed by atoms with E-state index >= 15 is 0 Å². The Morgan fingerprint density at radius 3 is 2.65 bits per heavy atom. The quantitative estimate of drug-likeness (QED) is 0.409. The number of nitrogens with zero attached hydrogens (tertiary/aromatic N) is 2. The van der Waals surface area contributed by atoms with Crippen LogP contribution in [0.4, 0.5) is 0 Å². The summed E-state index contributed by atoms with van der Waals surface area (Å²) in [6.45, 7) is 0. The van der Waals surface area contributed by atoms with Gasteiger partial charge in [-0.05, 0) is 23.3 Å². The zero-order chi connectivity index (χ0) is 18.4.